The monoisotopic (exact) mass is 356 g/mol. The summed E-state index contributed by atoms with van der Waals surface area (Å²) in [5, 5.41) is 3.67. The van der Waals surface area contributed by atoms with E-state index in [0.717, 1.165) is 22.4 Å². The van der Waals surface area contributed by atoms with Crippen molar-refractivity contribution in [3.05, 3.63) is 100 Å². The molecule has 0 fully saturated rings. The van der Waals surface area contributed by atoms with Crippen LogP contribution < -0.4 is 5.32 Å². The molecule has 3 aromatic carbocycles. The summed E-state index contributed by atoms with van der Waals surface area (Å²) in [6.45, 7) is 6.93. The van der Waals surface area contributed by atoms with Crippen molar-refractivity contribution in [2.75, 3.05) is 5.32 Å². The molecule has 0 radical (unpaired) electrons. The molecule has 0 aliphatic carbocycles. The molecule has 1 aliphatic heterocycles. The van der Waals surface area contributed by atoms with Crippen molar-refractivity contribution >= 4 is 11.6 Å². The molecule has 1 amide bonds. The number of fused-ring (bicyclic) bond motifs is 1. The van der Waals surface area contributed by atoms with E-state index in [-0.39, 0.29) is 12.1 Å². The molecule has 136 valence electrons. The Labute approximate surface area is 160 Å². The minimum atomic E-state index is -0.172. The molecule has 1 heterocycles. The fraction of sp³-hybridized carbons (Fsp3) is 0.208. The van der Waals surface area contributed by atoms with E-state index in [4.69, 9.17) is 0 Å². The van der Waals surface area contributed by atoms with Gasteiger partial charge in [-0.3, -0.25) is 4.79 Å². The van der Waals surface area contributed by atoms with E-state index >= 15 is 0 Å². The van der Waals surface area contributed by atoms with Crippen molar-refractivity contribution in [1.82, 2.24) is 4.90 Å². The maximum atomic E-state index is 13.1. The second-order valence-electron chi connectivity index (χ2n) is 7.33. The zero-order valence-corrected chi connectivity index (χ0v) is 16.0. The second kappa shape index (κ2) is 6.92. The van der Waals surface area contributed by atoms with E-state index in [1.807, 2.05) is 41.3 Å². The number of amides is 1. The molecule has 1 N–H and O–H groups in total. The molecular weight excluding hydrogens is 332 g/mol. The van der Waals surface area contributed by atoms with E-state index in [9.17, 15) is 4.79 Å². The van der Waals surface area contributed by atoms with Gasteiger partial charge in [0.2, 0.25) is 0 Å². The number of carbonyl (C=O) groups excluding carboxylic acids is 1. The molecule has 3 heteroatoms. The van der Waals surface area contributed by atoms with Crippen molar-refractivity contribution in [1.29, 1.82) is 0 Å². The summed E-state index contributed by atoms with van der Waals surface area (Å²) in [4.78, 5) is 15.0. The van der Waals surface area contributed by atoms with Gasteiger partial charge in [0.15, 0.2) is 0 Å². The van der Waals surface area contributed by atoms with E-state index in [0.29, 0.717) is 6.54 Å². The number of benzene rings is 3. The van der Waals surface area contributed by atoms with Crippen molar-refractivity contribution in [3.8, 4) is 0 Å². The van der Waals surface area contributed by atoms with Crippen LogP contribution in [-0.2, 0) is 6.54 Å². The lowest BCUT2D eigenvalue weighted by Crippen LogP contribution is -2.32. The van der Waals surface area contributed by atoms with Crippen LogP contribution in [0.3, 0.4) is 0 Å². The van der Waals surface area contributed by atoms with Crippen LogP contribution in [0.15, 0.2) is 66.7 Å². The van der Waals surface area contributed by atoms with Crippen molar-refractivity contribution in [2.45, 2.75) is 33.5 Å². The third-order valence-electron chi connectivity index (χ3n) is 5.21. The minimum absolute atomic E-state index is 0.0781. The number of rotatable bonds is 4. The Kier molecular flexibility index (Phi) is 4.44. The summed E-state index contributed by atoms with van der Waals surface area (Å²) in [6.07, 6.45) is -0.172. The molecule has 0 bridgehead atoms. The van der Waals surface area contributed by atoms with E-state index in [1.54, 1.807) is 0 Å². The third kappa shape index (κ3) is 3.21. The first-order valence-corrected chi connectivity index (χ1v) is 9.33. The van der Waals surface area contributed by atoms with Crippen LogP contribution in [0, 0.1) is 20.8 Å². The van der Waals surface area contributed by atoms with Gasteiger partial charge >= 0.3 is 0 Å². The highest BCUT2D eigenvalue weighted by Gasteiger charge is 2.36. The molecule has 27 heavy (non-hydrogen) atoms. The number of hydrogen-bond donors (Lipinski definition) is 1. The topological polar surface area (TPSA) is 32.3 Å². The van der Waals surface area contributed by atoms with Gasteiger partial charge in [0, 0.05) is 23.4 Å². The predicted molar refractivity (Wildman–Crippen MR) is 110 cm³/mol. The number of carbonyl (C=O) groups is 1. The molecule has 0 spiro atoms. The third-order valence-corrected chi connectivity index (χ3v) is 5.21. The normalized spacial score (nSPS) is 15.7. The Morgan fingerprint density at radius 1 is 0.889 bits per heavy atom. The van der Waals surface area contributed by atoms with Gasteiger partial charge in [-0.15, -0.1) is 0 Å². The molecule has 0 aromatic heterocycles. The van der Waals surface area contributed by atoms with E-state index in [2.05, 4.69) is 56.4 Å². The molecule has 0 saturated carbocycles. The Morgan fingerprint density at radius 2 is 1.52 bits per heavy atom. The summed E-state index contributed by atoms with van der Waals surface area (Å²) in [5.41, 5.74) is 7.70. The summed E-state index contributed by atoms with van der Waals surface area (Å²) in [7, 11) is 0. The summed E-state index contributed by atoms with van der Waals surface area (Å²) >= 11 is 0. The predicted octanol–water partition coefficient (Wildman–Crippen LogP) is 5.38. The van der Waals surface area contributed by atoms with Gasteiger partial charge in [0.05, 0.1) is 0 Å². The highest BCUT2D eigenvalue weighted by atomic mass is 16.2. The van der Waals surface area contributed by atoms with Gasteiger partial charge in [-0.2, -0.15) is 0 Å². The van der Waals surface area contributed by atoms with Crippen LogP contribution in [0.5, 0.6) is 0 Å². The maximum Gasteiger partial charge on any atom is 0.256 e. The van der Waals surface area contributed by atoms with Gasteiger partial charge in [-0.05, 0) is 43.5 Å². The number of hydrogen-bond acceptors (Lipinski definition) is 2. The highest BCUT2D eigenvalue weighted by Crippen LogP contribution is 2.37. The van der Waals surface area contributed by atoms with E-state index in [1.165, 1.54) is 16.7 Å². The molecule has 1 aliphatic rings. The highest BCUT2D eigenvalue weighted by molar-refractivity contribution is 5.99. The molecule has 3 aromatic rings. The van der Waals surface area contributed by atoms with Gasteiger partial charge in [-0.1, -0.05) is 66.2 Å². The standard InChI is InChI=1S/C24H24N2O/c1-16-13-17(2)22(18(3)14-16)25-23-20-11-7-8-12-21(20)24(27)26(23)15-19-9-5-4-6-10-19/h4-14,23,25H,15H2,1-3H3. The first kappa shape index (κ1) is 17.3. The molecule has 4 rings (SSSR count). The number of aryl methyl sites for hydroxylation is 3. The van der Waals surface area contributed by atoms with Crippen LogP contribution in [0.1, 0.15) is 44.3 Å². The zero-order valence-electron chi connectivity index (χ0n) is 16.0. The average molecular weight is 356 g/mol. The Balaban J connectivity index is 1.74. The largest absolute Gasteiger partial charge is 0.361 e. The number of anilines is 1. The van der Waals surface area contributed by atoms with Crippen LogP contribution in [0.4, 0.5) is 5.69 Å². The van der Waals surface area contributed by atoms with Gasteiger partial charge in [0.1, 0.15) is 6.17 Å². The van der Waals surface area contributed by atoms with Crippen molar-refractivity contribution in [2.24, 2.45) is 0 Å². The molecule has 3 nitrogen and oxygen atoms in total. The maximum absolute atomic E-state index is 13.1. The van der Waals surface area contributed by atoms with Gasteiger partial charge in [-0.25, -0.2) is 0 Å². The fourth-order valence-electron chi connectivity index (χ4n) is 4.01. The fourth-order valence-corrected chi connectivity index (χ4v) is 4.01. The Hall–Kier alpha value is -3.07. The first-order chi connectivity index (χ1) is 13.0. The quantitative estimate of drug-likeness (QED) is 0.681. The molecular formula is C24H24N2O. The van der Waals surface area contributed by atoms with Crippen LogP contribution in [0.25, 0.3) is 0 Å². The summed E-state index contributed by atoms with van der Waals surface area (Å²) < 4.78 is 0. The summed E-state index contributed by atoms with van der Waals surface area (Å²) in [5.74, 6) is 0.0781. The SMILES string of the molecule is Cc1cc(C)c(NC2c3ccccc3C(=O)N2Cc2ccccc2)c(C)c1. The van der Waals surface area contributed by atoms with Crippen LogP contribution >= 0.6 is 0 Å². The lowest BCUT2D eigenvalue weighted by molar-refractivity contribution is 0.0728. The lowest BCUT2D eigenvalue weighted by atomic mass is 10.0. The molecule has 1 unspecified atom stereocenters. The molecule has 0 saturated heterocycles. The number of nitrogens with zero attached hydrogens (tertiary/aromatic N) is 1. The molecule has 1 atom stereocenters. The second-order valence-corrected chi connectivity index (χ2v) is 7.33. The van der Waals surface area contributed by atoms with E-state index < -0.39 is 0 Å². The first-order valence-electron chi connectivity index (χ1n) is 9.33. The van der Waals surface area contributed by atoms with Gasteiger partial charge < -0.3 is 10.2 Å². The Bertz CT molecular complexity index is 971. The van der Waals surface area contributed by atoms with Crippen LogP contribution in [-0.4, -0.2) is 10.8 Å². The minimum Gasteiger partial charge on any atom is -0.361 e. The van der Waals surface area contributed by atoms with Crippen molar-refractivity contribution in [3.63, 3.8) is 0 Å². The lowest BCUT2D eigenvalue weighted by Gasteiger charge is -2.29. The van der Waals surface area contributed by atoms with Crippen molar-refractivity contribution < 1.29 is 4.79 Å². The smallest absolute Gasteiger partial charge is 0.256 e. The zero-order chi connectivity index (χ0) is 19.0. The average Bonchev–Trinajstić information content (AvgIpc) is 2.91. The Morgan fingerprint density at radius 3 is 2.22 bits per heavy atom. The number of nitrogens with one attached hydrogen (secondary N) is 1. The van der Waals surface area contributed by atoms with Crippen LogP contribution in [0.2, 0.25) is 0 Å². The summed E-state index contributed by atoms with van der Waals surface area (Å²) in [6, 6.07) is 22.4. The van der Waals surface area contributed by atoms with Gasteiger partial charge in [0.25, 0.3) is 5.91 Å².